The Hall–Kier alpha value is -12.3. The maximum Gasteiger partial charge on any atom is 0.416 e. The summed E-state index contributed by atoms with van der Waals surface area (Å²) in [4.78, 5) is 38.6. The number of pyridine rings is 1. The molecule has 4 heterocycles. The van der Waals surface area contributed by atoms with Crippen LogP contribution in [-0.4, -0.2) is 54.2 Å². The van der Waals surface area contributed by atoms with Gasteiger partial charge in [-0.25, -0.2) is 0 Å². The van der Waals surface area contributed by atoms with Crippen molar-refractivity contribution in [3.8, 4) is 0 Å². The van der Waals surface area contributed by atoms with Gasteiger partial charge < -0.3 is 9.80 Å². The number of carbonyl (C=O) groups excluding carboxylic acids is 2. The van der Waals surface area contributed by atoms with Crippen LogP contribution in [0, 0.1) is 60.3 Å². The second-order valence-corrected chi connectivity index (χ2v) is 37.8. The van der Waals surface area contributed by atoms with Gasteiger partial charge in [-0.1, -0.05) is 325 Å². The molecule has 13 aromatic rings. The number of Topliss-reactive ketones (excluding diaryl/α,β-unsaturated/α-hetero) is 2. The highest BCUT2D eigenvalue weighted by atomic mass is 32.2. The molecule has 19 rings (SSSR count). The Morgan fingerprint density at radius 3 is 1.26 bits per heavy atom. The number of ketones is 2. The molecule has 0 amide bonds. The van der Waals surface area contributed by atoms with Gasteiger partial charge in [0, 0.05) is 68.1 Å². The fourth-order valence-corrected chi connectivity index (χ4v) is 17.2. The molecule has 0 radical (unpaired) electrons. The Morgan fingerprint density at radius 2 is 0.794 bits per heavy atom. The first kappa shape index (κ1) is 116. The summed E-state index contributed by atoms with van der Waals surface area (Å²) >= 11 is 5.62. The van der Waals surface area contributed by atoms with Crippen molar-refractivity contribution in [2.75, 3.05) is 35.4 Å². The summed E-state index contributed by atoms with van der Waals surface area (Å²) < 4.78 is 183. The number of para-hydroxylation sites is 2. The number of likely N-dealkylation sites (N-methyl/N-ethyl adjacent to an activating group) is 2. The van der Waals surface area contributed by atoms with Crippen molar-refractivity contribution in [3.63, 3.8) is 0 Å². The third-order valence-electron chi connectivity index (χ3n) is 22.5. The summed E-state index contributed by atoms with van der Waals surface area (Å²) in [5.74, 6) is 1.68. The smallest absolute Gasteiger partial charge is 0.366 e. The van der Waals surface area contributed by atoms with Gasteiger partial charge in [0.05, 0.1) is 51.7 Å². The highest BCUT2D eigenvalue weighted by molar-refractivity contribution is 8.05. The molecule has 141 heavy (non-hydrogen) atoms. The number of hydrogen-bond donors (Lipinski definition) is 0. The molecule has 4 atom stereocenters. The van der Waals surface area contributed by atoms with E-state index < -0.39 is 58.7 Å². The maximum atomic E-state index is 12.4. The van der Waals surface area contributed by atoms with Crippen LogP contribution in [0.4, 0.5) is 77.2 Å². The molecule has 0 saturated carbocycles. The molecule has 4 unspecified atom stereocenters. The minimum Gasteiger partial charge on any atom is -0.366 e. The van der Waals surface area contributed by atoms with E-state index in [1.165, 1.54) is 118 Å². The highest BCUT2D eigenvalue weighted by Gasteiger charge is 2.41. The lowest BCUT2D eigenvalue weighted by molar-refractivity contribution is -0.144. The van der Waals surface area contributed by atoms with E-state index in [1.807, 2.05) is 146 Å². The Kier molecular flexibility index (Phi) is 44.4. The Labute approximate surface area is 834 Å². The number of carbonyl (C=O) groups is 2. The van der Waals surface area contributed by atoms with Gasteiger partial charge >= 0.3 is 30.9 Å². The first-order chi connectivity index (χ1) is 66.1. The van der Waals surface area contributed by atoms with E-state index in [4.69, 9.17) is 0 Å². The standard InChI is InChI=1S/C15H15NO.C14H13NO.C13H10S2.2C11H10.C11H16.C10H8F6.C9H6F6.C8H7F3.C6H7N.C6H8.C3H8S.CH4/c1-2-16-13-9-5-3-7-11(13)15(17)12-8-4-6-10-14(12)16;1-15-12-8-4-2-6-10(12)14(16)11-7-3-5-9-13(11)15;1-9-5-4-8-12-13(9)15-11-7-3-2-6-10(11)14-12;1-9-5-4-7-10-6-2-3-8-11(9)10;1-9-6-7-10-4-2-3-5-11(10)8-9;1-9-5-7-10(8-6-9)11(2,3)4;1-2-6-3-7(9(11,12)13)5-8(4-6)10(14,15)16;1-5-2-6(8(10,11)12)4-7(3-5)9(13,14)15;1-6-2-4-7(5-3-6)8(9,10)11;1-6-2-4-7-5-3-6;1-6-4-2-3-5-6;1-3-4-2;/h3-11,13H,2H2,1H3;2-10,12H,1H3;2-8H,1H3;2*2-8H,1H3;5-8H,1-4H3;3-5H,2H2,1H3;2-4H,1H3;2-5H,1H3;2-5H,1H3;2-4H,5H2,1H3;3H2,1-2H3;1H4. The number of hydrogen-bond acceptors (Lipinski definition) is 8. The van der Waals surface area contributed by atoms with Gasteiger partial charge in [-0.3, -0.25) is 14.6 Å². The fourth-order valence-electron chi connectivity index (χ4n) is 14.8. The van der Waals surface area contributed by atoms with Crippen LogP contribution in [0.15, 0.2) is 377 Å². The van der Waals surface area contributed by atoms with Crippen molar-refractivity contribution in [2.24, 2.45) is 11.8 Å². The minimum atomic E-state index is -4.76. The van der Waals surface area contributed by atoms with Crippen LogP contribution in [0.2, 0.25) is 0 Å². The zero-order valence-electron chi connectivity index (χ0n) is 81.2. The summed E-state index contributed by atoms with van der Waals surface area (Å²) in [5.41, 5.74) is 8.69. The molecule has 6 aliphatic rings. The molecule has 0 N–H and O–H groups in total. The number of anilines is 2. The Morgan fingerprint density at radius 1 is 0.383 bits per heavy atom. The number of benzene rings is 12. The first-order valence-electron chi connectivity index (χ1n) is 45.5. The monoisotopic (exact) mass is 1990 g/mol. The Bertz CT molecular complexity index is 6250. The summed E-state index contributed by atoms with van der Waals surface area (Å²) in [6.45, 7) is 29.1. The van der Waals surface area contributed by atoms with Gasteiger partial charge in [-0.15, -0.1) is 0 Å². The van der Waals surface area contributed by atoms with E-state index in [0.717, 1.165) is 58.9 Å². The number of fused-ring (bicyclic) bond motifs is 8. The number of allylic oxidation sites excluding steroid dienone is 8. The van der Waals surface area contributed by atoms with Gasteiger partial charge in [0.2, 0.25) is 0 Å². The molecule has 3 aliphatic heterocycles. The molecule has 12 aromatic carbocycles. The van der Waals surface area contributed by atoms with Crippen molar-refractivity contribution < 1.29 is 75.4 Å². The number of halogens is 15. The number of aromatic nitrogens is 1. The van der Waals surface area contributed by atoms with Crippen LogP contribution >= 0.6 is 35.3 Å². The topological polar surface area (TPSA) is 53.5 Å². The van der Waals surface area contributed by atoms with Crippen LogP contribution in [0.25, 0.3) is 21.5 Å². The lowest BCUT2D eigenvalue weighted by atomic mass is 9.82. The first-order valence-corrected chi connectivity index (χ1v) is 48.5. The predicted molar refractivity (Wildman–Crippen MR) is 558 cm³/mol. The molecule has 3 aliphatic carbocycles. The van der Waals surface area contributed by atoms with Crippen LogP contribution in [-0.2, 0) is 42.7 Å². The van der Waals surface area contributed by atoms with E-state index >= 15 is 0 Å². The number of rotatable bonds is 3. The molecule has 1 aromatic heterocycles. The zero-order valence-corrected chi connectivity index (χ0v) is 83.6. The van der Waals surface area contributed by atoms with Gasteiger partial charge in [-0.05, 0) is 251 Å². The van der Waals surface area contributed by atoms with E-state index in [9.17, 15) is 75.4 Å². The molecule has 0 spiro atoms. The molecule has 0 saturated heterocycles. The second kappa shape index (κ2) is 54.1. The van der Waals surface area contributed by atoms with Gasteiger partial charge in [-0.2, -0.15) is 77.6 Å². The van der Waals surface area contributed by atoms with E-state index in [0.29, 0.717) is 12.1 Å². The third-order valence-corrected chi connectivity index (χ3v) is 25.8. The third kappa shape index (κ3) is 35.7. The fraction of sp³-hybridized carbons (Fsp3) is 0.263. The molecule has 0 bridgehead atoms. The molecular formula is C118H122F15N3O2S3. The molecule has 744 valence electrons. The lowest BCUT2D eigenvalue weighted by Crippen LogP contribution is -2.47. The van der Waals surface area contributed by atoms with Gasteiger partial charge in [0.25, 0.3) is 0 Å². The van der Waals surface area contributed by atoms with Crippen molar-refractivity contribution in [2.45, 2.75) is 185 Å². The largest absolute Gasteiger partial charge is 0.416 e. The van der Waals surface area contributed by atoms with E-state index in [2.05, 4.69) is 272 Å². The average molecular weight is 2000 g/mol. The predicted octanol–water partition coefficient (Wildman–Crippen LogP) is 36.1. The zero-order chi connectivity index (χ0) is 103. The molecular weight excluding hydrogens is 1870 g/mol. The van der Waals surface area contributed by atoms with Gasteiger partial charge in [0.15, 0.2) is 11.6 Å². The normalized spacial score (nSPS) is 15.2. The van der Waals surface area contributed by atoms with Crippen LogP contribution in [0.1, 0.15) is 161 Å². The van der Waals surface area contributed by atoms with Crippen LogP contribution in [0.3, 0.4) is 0 Å². The average Bonchev–Trinajstić information content (AvgIpc) is 0.930. The Balaban J connectivity index is 0.000000212. The SMILES string of the molecule is C.CC1=CC=CC1.CCN1c2ccccc2C(=O)C2C=CC=CC21.CCSC.CCc1cc(C(F)(F)F)cc(C(F)(F)F)c1.CN1c2ccccc2C(=O)C2C=CC=CC21.Cc1cc(C(F)(F)F)cc(C(F)(F)F)c1.Cc1ccc(C(C)(C)C)cc1.Cc1ccc(C(F)(F)F)cc1.Cc1ccc2ccccc2c1.Cc1cccc2c1Sc1ccccc1S2.Cc1cccc2ccccc12.Cc1ccncc1. The van der Waals surface area contributed by atoms with E-state index in [-0.39, 0.29) is 78.0 Å². The van der Waals surface area contributed by atoms with Crippen LogP contribution < -0.4 is 9.80 Å². The van der Waals surface area contributed by atoms with E-state index in [1.54, 1.807) is 19.3 Å². The maximum absolute atomic E-state index is 12.4. The van der Waals surface area contributed by atoms with Crippen LogP contribution in [0.5, 0.6) is 0 Å². The number of thioether (sulfide) groups is 1. The molecule has 23 heteroatoms. The molecule has 5 nitrogen and oxygen atoms in total. The summed E-state index contributed by atoms with van der Waals surface area (Å²) in [7, 11) is 2.05. The second-order valence-electron chi connectivity index (χ2n) is 34.5. The van der Waals surface area contributed by atoms with Crippen molar-refractivity contribution >= 4 is 79.8 Å². The summed E-state index contributed by atoms with van der Waals surface area (Å²) in [5, 5.41) is 5.33. The lowest BCUT2D eigenvalue weighted by Gasteiger charge is -2.40. The van der Waals surface area contributed by atoms with Crippen molar-refractivity contribution in [1.29, 1.82) is 0 Å². The van der Waals surface area contributed by atoms with Crippen molar-refractivity contribution in [1.82, 2.24) is 4.98 Å². The number of alkyl halides is 15. The summed E-state index contributed by atoms with van der Waals surface area (Å²) in [6, 6.07) is 81.7. The quantitative estimate of drug-likeness (QED) is 0.162. The number of aryl methyl sites for hydroxylation is 8. The number of nitrogens with zero attached hydrogens (tertiary/aromatic N) is 3. The molecule has 0 fully saturated rings. The van der Waals surface area contributed by atoms with Gasteiger partial charge in [0.1, 0.15) is 0 Å². The van der Waals surface area contributed by atoms with Crippen molar-refractivity contribution in [3.05, 3.63) is 447 Å². The highest BCUT2D eigenvalue weighted by Crippen LogP contribution is 2.50. The summed E-state index contributed by atoms with van der Waals surface area (Å²) in [6.07, 6.45) is 6.32. The minimum absolute atomic E-state index is 0.